The van der Waals surface area contributed by atoms with Gasteiger partial charge in [0.25, 0.3) is 0 Å². The zero-order valence-electron chi connectivity index (χ0n) is 9.47. The molecule has 0 aromatic carbocycles. The van der Waals surface area contributed by atoms with Gasteiger partial charge in [-0.2, -0.15) is 0 Å². The molecule has 1 rings (SSSR count). The van der Waals surface area contributed by atoms with Gasteiger partial charge in [-0.15, -0.1) is 0 Å². The first-order chi connectivity index (χ1) is 6.59. The Bertz CT molecular complexity index is 192. The van der Waals surface area contributed by atoms with E-state index in [1.54, 1.807) is 0 Å². The van der Waals surface area contributed by atoms with E-state index in [0.717, 1.165) is 19.4 Å². The average molecular weight is 198 g/mol. The number of hydrogen-bond donors (Lipinski definition) is 2. The Hall–Kier alpha value is -0.570. The Morgan fingerprint density at radius 1 is 1.57 bits per heavy atom. The number of nitrogens with one attached hydrogen (secondary N) is 2. The summed E-state index contributed by atoms with van der Waals surface area (Å²) in [7, 11) is 0. The van der Waals surface area contributed by atoms with Crippen LogP contribution in [-0.4, -0.2) is 24.5 Å². The van der Waals surface area contributed by atoms with Gasteiger partial charge < -0.3 is 10.6 Å². The van der Waals surface area contributed by atoms with Crippen LogP contribution < -0.4 is 10.6 Å². The standard InChI is InChI=1S/C11H22N2O/c1-8(2)7-11(14)13-10-5-4-6-12-9(10)3/h8-10,12H,4-7H2,1-3H3,(H,13,14). The van der Waals surface area contributed by atoms with Gasteiger partial charge in [-0.3, -0.25) is 4.79 Å². The van der Waals surface area contributed by atoms with E-state index < -0.39 is 0 Å². The monoisotopic (exact) mass is 198 g/mol. The van der Waals surface area contributed by atoms with Gasteiger partial charge in [0.2, 0.25) is 5.91 Å². The quantitative estimate of drug-likeness (QED) is 0.717. The van der Waals surface area contributed by atoms with Crippen LogP contribution in [0.1, 0.15) is 40.0 Å². The molecular weight excluding hydrogens is 176 g/mol. The fourth-order valence-electron chi connectivity index (χ4n) is 1.88. The number of carbonyl (C=O) groups excluding carboxylic acids is 1. The Morgan fingerprint density at radius 3 is 2.86 bits per heavy atom. The maximum Gasteiger partial charge on any atom is 0.220 e. The van der Waals surface area contributed by atoms with Crippen LogP contribution >= 0.6 is 0 Å². The molecule has 0 aromatic heterocycles. The van der Waals surface area contributed by atoms with Crippen LogP contribution in [-0.2, 0) is 4.79 Å². The van der Waals surface area contributed by atoms with Gasteiger partial charge in [0.1, 0.15) is 0 Å². The molecule has 3 nitrogen and oxygen atoms in total. The normalized spacial score (nSPS) is 27.7. The molecule has 0 spiro atoms. The molecule has 2 N–H and O–H groups in total. The second-order valence-electron chi connectivity index (χ2n) is 4.66. The lowest BCUT2D eigenvalue weighted by Crippen LogP contribution is -2.52. The number of carbonyl (C=O) groups is 1. The van der Waals surface area contributed by atoms with Crippen molar-refractivity contribution in [2.45, 2.75) is 52.1 Å². The van der Waals surface area contributed by atoms with Gasteiger partial charge in [0.15, 0.2) is 0 Å². The van der Waals surface area contributed by atoms with E-state index in [4.69, 9.17) is 0 Å². The van der Waals surface area contributed by atoms with E-state index in [9.17, 15) is 4.79 Å². The van der Waals surface area contributed by atoms with Crippen molar-refractivity contribution >= 4 is 5.91 Å². The van der Waals surface area contributed by atoms with E-state index in [0.29, 0.717) is 24.4 Å². The van der Waals surface area contributed by atoms with Crippen LogP contribution in [0, 0.1) is 5.92 Å². The first-order valence-corrected chi connectivity index (χ1v) is 5.62. The fourth-order valence-corrected chi connectivity index (χ4v) is 1.88. The van der Waals surface area contributed by atoms with Crippen molar-refractivity contribution in [1.29, 1.82) is 0 Å². The van der Waals surface area contributed by atoms with Gasteiger partial charge in [-0.1, -0.05) is 13.8 Å². The summed E-state index contributed by atoms with van der Waals surface area (Å²) >= 11 is 0. The number of amides is 1. The van der Waals surface area contributed by atoms with Gasteiger partial charge in [-0.25, -0.2) is 0 Å². The van der Waals surface area contributed by atoms with Gasteiger partial charge in [0.05, 0.1) is 0 Å². The summed E-state index contributed by atoms with van der Waals surface area (Å²) in [6.45, 7) is 7.36. The minimum absolute atomic E-state index is 0.195. The molecule has 82 valence electrons. The second kappa shape index (κ2) is 5.35. The summed E-state index contributed by atoms with van der Waals surface area (Å²) in [5, 5.41) is 6.47. The van der Waals surface area contributed by atoms with E-state index in [2.05, 4.69) is 31.4 Å². The largest absolute Gasteiger partial charge is 0.352 e. The zero-order chi connectivity index (χ0) is 10.6. The van der Waals surface area contributed by atoms with Crippen molar-refractivity contribution in [1.82, 2.24) is 10.6 Å². The highest BCUT2D eigenvalue weighted by Gasteiger charge is 2.22. The smallest absolute Gasteiger partial charge is 0.220 e. The summed E-state index contributed by atoms with van der Waals surface area (Å²) in [6.07, 6.45) is 2.91. The highest BCUT2D eigenvalue weighted by molar-refractivity contribution is 5.76. The SMILES string of the molecule is CC(C)CC(=O)NC1CCCNC1C. The maximum atomic E-state index is 11.5. The van der Waals surface area contributed by atoms with E-state index in [-0.39, 0.29) is 5.91 Å². The van der Waals surface area contributed by atoms with Crippen molar-refractivity contribution < 1.29 is 4.79 Å². The summed E-state index contributed by atoms with van der Waals surface area (Å²) in [5.41, 5.74) is 0. The number of piperidine rings is 1. The van der Waals surface area contributed by atoms with Crippen molar-refractivity contribution in [3.8, 4) is 0 Å². The molecule has 1 aliphatic rings. The summed E-state index contributed by atoms with van der Waals surface area (Å²) in [6, 6.07) is 0.745. The van der Waals surface area contributed by atoms with Gasteiger partial charge >= 0.3 is 0 Å². The highest BCUT2D eigenvalue weighted by atomic mass is 16.1. The third-order valence-corrected chi connectivity index (χ3v) is 2.70. The van der Waals surface area contributed by atoms with Crippen LogP contribution in [0.2, 0.25) is 0 Å². The predicted molar refractivity (Wildman–Crippen MR) is 58.1 cm³/mol. The Kier molecular flexibility index (Phi) is 4.39. The second-order valence-corrected chi connectivity index (χ2v) is 4.66. The zero-order valence-corrected chi connectivity index (χ0v) is 9.47. The topological polar surface area (TPSA) is 41.1 Å². The van der Waals surface area contributed by atoms with Crippen LogP contribution in [0.3, 0.4) is 0 Å². The molecule has 0 bridgehead atoms. The Labute approximate surface area is 86.6 Å². The third kappa shape index (κ3) is 3.66. The molecule has 0 aromatic rings. The van der Waals surface area contributed by atoms with Crippen LogP contribution in [0.25, 0.3) is 0 Å². The molecular formula is C11H22N2O. The molecule has 2 unspecified atom stereocenters. The molecule has 14 heavy (non-hydrogen) atoms. The van der Waals surface area contributed by atoms with Gasteiger partial charge in [0, 0.05) is 18.5 Å². The minimum Gasteiger partial charge on any atom is -0.352 e. The molecule has 0 saturated carbocycles. The maximum absolute atomic E-state index is 11.5. The highest BCUT2D eigenvalue weighted by Crippen LogP contribution is 2.09. The summed E-state index contributed by atoms with van der Waals surface area (Å²) < 4.78 is 0. The first-order valence-electron chi connectivity index (χ1n) is 5.62. The van der Waals surface area contributed by atoms with Gasteiger partial charge in [-0.05, 0) is 32.2 Å². The van der Waals surface area contributed by atoms with E-state index >= 15 is 0 Å². The van der Waals surface area contributed by atoms with Crippen LogP contribution in [0.4, 0.5) is 0 Å². The average Bonchev–Trinajstić information content (AvgIpc) is 2.07. The summed E-state index contributed by atoms with van der Waals surface area (Å²) in [5.74, 6) is 0.641. The molecule has 1 saturated heterocycles. The Morgan fingerprint density at radius 2 is 2.29 bits per heavy atom. The van der Waals surface area contributed by atoms with E-state index in [1.807, 2.05) is 0 Å². The number of rotatable bonds is 3. The molecule has 1 aliphatic heterocycles. The minimum atomic E-state index is 0.195. The fraction of sp³-hybridized carbons (Fsp3) is 0.909. The van der Waals surface area contributed by atoms with Crippen LogP contribution in [0.5, 0.6) is 0 Å². The molecule has 0 radical (unpaired) electrons. The molecule has 3 heteroatoms. The lowest BCUT2D eigenvalue weighted by Gasteiger charge is -2.30. The van der Waals surface area contributed by atoms with Crippen molar-refractivity contribution in [2.24, 2.45) is 5.92 Å². The molecule has 2 atom stereocenters. The van der Waals surface area contributed by atoms with Crippen LogP contribution in [0.15, 0.2) is 0 Å². The molecule has 0 aliphatic carbocycles. The lowest BCUT2D eigenvalue weighted by molar-refractivity contribution is -0.122. The third-order valence-electron chi connectivity index (χ3n) is 2.70. The summed E-state index contributed by atoms with van der Waals surface area (Å²) in [4.78, 5) is 11.5. The van der Waals surface area contributed by atoms with Crippen molar-refractivity contribution in [2.75, 3.05) is 6.54 Å². The van der Waals surface area contributed by atoms with Crippen molar-refractivity contribution in [3.05, 3.63) is 0 Å². The number of hydrogen-bond acceptors (Lipinski definition) is 2. The molecule has 1 fully saturated rings. The lowest BCUT2D eigenvalue weighted by atomic mass is 9.99. The first kappa shape index (κ1) is 11.5. The van der Waals surface area contributed by atoms with Crippen molar-refractivity contribution in [3.63, 3.8) is 0 Å². The van der Waals surface area contributed by atoms with E-state index in [1.165, 1.54) is 0 Å². The molecule has 1 amide bonds. The predicted octanol–water partition coefficient (Wildman–Crippen LogP) is 1.29. The molecule has 1 heterocycles. The Balaban J connectivity index is 2.31.